The number of halogens is 1. The molecule has 0 atom stereocenters. The molecule has 2 aromatic heterocycles. The van der Waals surface area contributed by atoms with Gasteiger partial charge in [-0.05, 0) is 32.2 Å². The summed E-state index contributed by atoms with van der Waals surface area (Å²) in [7, 11) is 2.16. The van der Waals surface area contributed by atoms with Crippen LogP contribution in [-0.2, 0) is 13.0 Å². The van der Waals surface area contributed by atoms with Gasteiger partial charge in [-0.2, -0.15) is 0 Å². The molecule has 0 spiro atoms. The van der Waals surface area contributed by atoms with Gasteiger partial charge in [-0.15, -0.1) is 24.0 Å². The second kappa shape index (κ2) is 11.9. The molecule has 0 aromatic carbocycles. The monoisotopic (exact) mass is 498 g/mol. The fourth-order valence-electron chi connectivity index (χ4n) is 3.12. The van der Waals surface area contributed by atoms with Gasteiger partial charge in [-0.25, -0.2) is 9.98 Å². The van der Waals surface area contributed by atoms with Crippen molar-refractivity contribution < 1.29 is 4.42 Å². The van der Waals surface area contributed by atoms with Crippen LogP contribution in [0.3, 0.4) is 0 Å². The van der Waals surface area contributed by atoms with E-state index in [2.05, 4.69) is 45.5 Å². The average molecular weight is 498 g/mol. The molecule has 7 nitrogen and oxygen atoms in total. The Hall–Kier alpha value is -1.81. The van der Waals surface area contributed by atoms with Crippen LogP contribution in [0.1, 0.15) is 18.2 Å². The van der Waals surface area contributed by atoms with E-state index in [1.165, 1.54) is 0 Å². The number of aliphatic imine (C=N–C) groups is 1. The third kappa shape index (κ3) is 6.66. The van der Waals surface area contributed by atoms with Crippen LogP contribution in [-0.4, -0.2) is 62.2 Å². The van der Waals surface area contributed by atoms with Crippen molar-refractivity contribution in [1.82, 2.24) is 20.5 Å². The topological polar surface area (TPSA) is 68.9 Å². The molecule has 0 unspecified atom stereocenters. The zero-order valence-corrected chi connectivity index (χ0v) is 19.1. The fourth-order valence-corrected chi connectivity index (χ4v) is 3.12. The van der Waals surface area contributed by atoms with Crippen LogP contribution in [0, 0.1) is 0 Å². The van der Waals surface area contributed by atoms with E-state index < -0.39 is 0 Å². The number of rotatable bonds is 7. The minimum atomic E-state index is 0. The summed E-state index contributed by atoms with van der Waals surface area (Å²) < 4.78 is 5.38. The Morgan fingerprint density at radius 1 is 1.18 bits per heavy atom. The average Bonchev–Trinajstić information content (AvgIpc) is 3.20. The van der Waals surface area contributed by atoms with E-state index in [1.807, 2.05) is 24.4 Å². The summed E-state index contributed by atoms with van der Waals surface area (Å²) in [5.74, 6) is 2.85. The molecular formula is C20H31IN6O. The number of piperazine rings is 1. The number of hydrogen-bond acceptors (Lipinski definition) is 5. The Morgan fingerprint density at radius 2 is 2.00 bits per heavy atom. The van der Waals surface area contributed by atoms with Gasteiger partial charge in [0.05, 0.1) is 12.8 Å². The molecule has 0 amide bonds. The Morgan fingerprint density at radius 3 is 2.71 bits per heavy atom. The summed E-state index contributed by atoms with van der Waals surface area (Å²) in [6.07, 6.45) is 4.40. The Labute approximate surface area is 184 Å². The summed E-state index contributed by atoms with van der Waals surface area (Å²) in [5.41, 5.74) is 1.16. The second-order valence-electron chi connectivity index (χ2n) is 6.73. The highest BCUT2D eigenvalue weighted by molar-refractivity contribution is 14.0. The second-order valence-corrected chi connectivity index (χ2v) is 6.73. The molecule has 1 aliphatic heterocycles. The van der Waals surface area contributed by atoms with Crippen molar-refractivity contribution in [2.75, 3.05) is 51.2 Å². The van der Waals surface area contributed by atoms with E-state index in [0.717, 1.165) is 68.8 Å². The first-order valence-corrected chi connectivity index (χ1v) is 9.68. The molecule has 0 bridgehead atoms. The zero-order valence-electron chi connectivity index (χ0n) is 16.7. The van der Waals surface area contributed by atoms with Crippen molar-refractivity contribution in [3.8, 4) is 0 Å². The van der Waals surface area contributed by atoms with Crippen molar-refractivity contribution >= 4 is 35.8 Å². The van der Waals surface area contributed by atoms with E-state index in [1.54, 1.807) is 6.26 Å². The quantitative estimate of drug-likeness (QED) is 0.347. The minimum Gasteiger partial charge on any atom is -0.469 e. The zero-order chi connectivity index (χ0) is 18.9. The lowest BCUT2D eigenvalue weighted by atomic mass is 10.2. The van der Waals surface area contributed by atoms with Crippen LogP contribution in [0.4, 0.5) is 5.82 Å². The highest BCUT2D eigenvalue weighted by Crippen LogP contribution is 2.19. The third-order valence-electron chi connectivity index (χ3n) is 4.67. The standard InChI is InChI=1S/C20H30N6O.HI/c1-3-21-20(23-10-8-18-7-5-15-27-18)24-16-17-6-4-9-22-19(17)26-13-11-25(2)12-14-26;/h4-7,9,15H,3,8,10-14,16H2,1-2H3,(H2,21,23,24);1H. The summed E-state index contributed by atoms with van der Waals surface area (Å²) in [6.45, 7) is 8.42. The number of aromatic nitrogens is 1. The van der Waals surface area contributed by atoms with E-state index in [4.69, 9.17) is 9.41 Å². The van der Waals surface area contributed by atoms with Gasteiger partial charge in [0.1, 0.15) is 11.6 Å². The first-order valence-electron chi connectivity index (χ1n) is 9.68. The van der Waals surface area contributed by atoms with Crippen molar-refractivity contribution in [2.45, 2.75) is 19.9 Å². The predicted octanol–water partition coefficient (Wildman–Crippen LogP) is 2.34. The van der Waals surface area contributed by atoms with Crippen molar-refractivity contribution in [2.24, 2.45) is 4.99 Å². The van der Waals surface area contributed by atoms with Gasteiger partial charge in [0.2, 0.25) is 0 Å². The maximum absolute atomic E-state index is 5.38. The van der Waals surface area contributed by atoms with Gasteiger partial charge in [-0.3, -0.25) is 0 Å². The van der Waals surface area contributed by atoms with Crippen LogP contribution in [0.5, 0.6) is 0 Å². The molecule has 3 heterocycles. The maximum Gasteiger partial charge on any atom is 0.191 e. The molecule has 154 valence electrons. The van der Waals surface area contributed by atoms with Gasteiger partial charge in [0, 0.05) is 57.4 Å². The van der Waals surface area contributed by atoms with Gasteiger partial charge >= 0.3 is 0 Å². The minimum absolute atomic E-state index is 0. The van der Waals surface area contributed by atoms with Gasteiger partial charge in [0.25, 0.3) is 0 Å². The number of furan rings is 1. The fraction of sp³-hybridized carbons (Fsp3) is 0.500. The molecule has 8 heteroatoms. The van der Waals surface area contributed by atoms with Gasteiger partial charge in [0.15, 0.2) is 5.96 Å². The van der Waals surface area contributed by atoms with E-state index in [9.17, 15) is 0 Å². The molecular weight excluding hydrogens is 467 g/mol. The number of likely N-dealkylation sites (N-methyl/N-ethyl adjacent to an activating group) is 1. The Kier molecular flexibility index (Phi) is 9.56. The van der Waals surface area contributed by atoms with Gasteiger partial charge < -0.3 is 24.9 Å². The number of guanidine groups is 1. The van der Waals surface area contributed by atoms with Crippen LogP contribution in [0.25, 0.3) is 0 Å². The number of hydrogen-bond donors (Lipinski definition) is 2. The largest absolute Gasteiger partial charge is 0.469 e. The lowest BCUT2D eigenvalue weighted by molar-refractivity contribution is 0.312. The molecule has 2 N–H and O–H groups in total. The molecule has 0 radical (unpaired) electrons. The van der Waals surface area contributed by atoms with Gasteiger partial charge in [-0.1, -0.05) is 6.07 Å². The van der Waals surface area contributed by atoms with Crippen LogP contribution < -0.4 is 15.5 Å². The highest BCUT2D eigenvalue weighted by atomic mass is 127. The summed E-state index contributed by atoms with van der Waals surface area (Å²) in [6, 6.07) is 8.01. The Balaban J connectivity index is 0.00000280. The molecule has 1 saturated heterocycles. The summed E-state index contributed by atoms with van der Waals surface area (Å²) >= 11 is 0. The smallest absolute Gasteiger partial charge is 0.191 e. The first kappa shape index (κ1) is 22.5. The molecule has 2 aromatic rings. The summed E-state index contributed by atoms with van der Waals surface area (Å²) in [5, 5.41) is 6.68. The van der Waals surface area contributed by atoms with Crippen LogP contribution in [0.2, 0.25) is 0 Å². The number of nitrogens with zero attached hydrogens (tertiary/aromatic N) is 4. The first-order chi connectivity index (χ1) is 13.3. The highest BCUT2D eigenvalue weighted by Gasteiger charge is 2.17. The molecule has 1 aliphatic rings. The molecule has 0 aliphatic carbocycles. The van der Waals surface area contributed by atoms with Crippen LogP contribution >= 0.6 is 24.0 Å². The molecule has 28 heavy (non-hydrogen) atoms. The molecule has 1 fully saturated rings. The Bertz CT molecular complexity index is 713. The maximum atomic E-state index is 5.38. The molecule has 0 saturated carbocycles. The van der Waals surface area contributed by atoms with Crippen molar-refractivity contribution in [1.29, 1.82) is 0 Å². The number of nitrogens with one attached hydrogen (secondary N) is 2. The van der Waals surface area contributed by atoms with E-state index in [0.29, 0.717) is 6.54 Å². The number of pyridine rings is 1. The van der Waals surface area contributed by atoms with Crippen molar-refractivity contribution in [3.05, 3.63) is 48.0 Å². The van der Waals surface area contributed by atoms with Crippen LogP contribution in [0.15, 0.2) is 46.1 Å². The lowest BCUT2D eigenvalue weighted by Crippen LogP contribution is -2.45. The predicted molar refractivity (Wildman–Crippen MR) is 125 cm³/mol. The van der Waals surface area contributed by atoms with Crippen molar-refractivity contribution in [3.63, 3.8) is 0 Å². The van der Waals surface area contributed by atoms with E-state index in [-0.39, 0.29) is 24.0 Å². The number of anilines is 1. The molecule has 3 rings (SSSR count). The normalized spacial score (nSPS) is 15.2. The third-order valence-corrected chi connectivity index (χ3v) is 4.67. The summed E-state index contributed by atoms with van der Waals surface area (Å²) in [4.78, 5) is 14.1. The lowest BCUT2D eigenvalue weighted by Gasteiger charge is -2.34. The SMILES string of the molecule is CCNC(=NCc1cccnc1N1CCN(C)CC1)NCCc1ccco1.I. The van der Waals surface area contributed by atoms with E-state index >= 15 is 0 Å².